The standard InChI is InChI=1S/C24H44N2O8S/c1-2-3-4-5-6-7-8-9-10-11-12-13-14-15-16-17-21(27)26-22(19-25)34-24(30)20(18-23(28)29)35(31,32)33/h9-10,20,22H,2-8,11-19,25H2,1H3,(H,26,27)(H,28,29)(H,31,32,33). The summed E-state index contributed by atoms with van der Waals surface area (Å²) in [6.45, 7) is 1.89. The molecule has 0 spiro atoms. The van der Waals surface area contributed by atoms with Crippen molar-refractivity contribution < 1.29 is 37.2 Å². The van der Waals surface area contributed by atoms with E-state index in [0.29, 0.717) is 6.42 Å². The first-order valence-corrected chi connectivity index (χ1v) is 14.1. The molecule has 2 atom stereocenters. The van der Waals surface area contributed by atoms with E-state index in [4.69, 9.17) is 20.1 Å². The predicted molar refractivity (Wildman–Crippen MR) is 134 cm³/mol. The molecule has 0 radical (unpaired) electrons. The maximum atomic E-state index is 12.0. The zero-order valence-electron chi connectivity index (χ0n) is 21.0. The van der Waals surface area contributed by atoms with E-state index in [2.05, 4.69) is 24.4 Å². The highest BCUT2D eigenvalue weighted by Crippen LogP contribution is 2.11. The second kappa shape index (κ2) is 20.2. The van der Waals surface area contributed by atoms with Gasteiger partial charge in [-0.2, -0.15) is 8.42 Å². The molecular formula is C24H44N2O8S. The lowest BCUT2D eigenvalue weighted by Gasteiger charge is -2.20. The van der Waals surface area contributed by atoms with Crippen LogP contribution >= 0.6 is 0 Å². The molecule has 0 saturated carbocycles. The van der Waals surface area contributed by atoms with Gasteiger partial charge < -0.3 is 20.9 Å². The molecule has 0 rings (SSSR count). The Bertz CT molecular complexity index is 740. The number of allylic oxidation sites excluding steroid dienone is 2. The summed E-state index contributed by atoms with van der Waals surface area (Å²) >= 11 is 0. The first-order valence-electron chi connectivity index (χ1n) is 12.6. The number of nitrogens with two attached hydrogens (primary N) is 1. The fourth-order valence-corrected chi connectivity index (χ4v) is 4.08. The lowest BCUT2D eigenvalue weighted by molar-refractivity contribution is -0.153. The van der Waals surface area contributed by atoms with Gasteiger partial charge in [0.25, 0.3) is 10.1 Å². The van der Waals surface area contributed by atoms with Crippen LogP contribution in [0.4, 0.5) is 0 Å². The first kappa shape index (κ1) is 33.0. The predicted octanol–water partition coefficient (Wildman–Crippen LogP) is 3.70. The molecule has 0 aromatic carbocycles. The van der Waals surface area contributed by atoms with Gasteiger partial charge in [-0.3, -0.25) is 18.9 Å². The number of carbonyl (C=O) groups excluding carboxylic acids is 2. The number of esters is 1. The van der Waals surface area contributed by atoms with Crippen molar-refractivity contribution in [2.75, 3.05) is 6.54 Å². The zero-order chi connectivity index (χ0) is 26.5. The van der Waals surface area contributed by atoms with E-state index in [9.17, 15) is 22.8 Å². The molecule has 0 bridgehead atoms. The molecular weight excluding hydrogens is 476 g/mol. The number of carboxylic acids is 1. The van der Waals surface area contributed by atoms with Crippen LogP contribution in [0.5, 0.6) is 0 Å². The summed E-state index contributed by atoms with van der Waals surface area (Å²) in [6, 6.07) is 0. The lowest BCUT2D eigenvalue weighted by Crippen LogP contribution is -2.46. The largest absolute Gasteiger partial charge is 0.481 e. The molecule has 0 aliphatic heterocycles. The Morgan fingerprint density at radius 1 is 0.914 bits per heavy atom. The van der Waals surface area contributed by atoms with Crippen molar-refractivity contribution in [2.24, 2.45) is 5.73 Å². The number of hydrogen-bond donors (Lipinski definition) is 4. The van der Waals surface area contributed by atoms with Crippen LogP contribution in [-0.4, -0.2) is 53.9 Å². The number of unbranched alkanes of at least 4 members (excludes halogenated alkanes) is 11. The Labute approximate surface area is 209 Å². The molecule has 0 heterocycles. The summed E-state index contributed by atoms with van der Waals surface area (Å²) in [5.41, 5.74) is 5.44. The van der Waals surface area contributed by atoms with Gasteiger partial charge in [0.05, 0.1) is 6.42 Å². The van der Waals surface area contributed by atoms with Gasteiger partial charge >= 0.3 is 11.9 Å². The van der Waals surface area contributed by atoms with Gasteiger partial charge in [0.15, 0.2) is 11.5 Å². The summed E-state index contributed by atoms with van der Waals surface area (Å²) in [7, 11) is -4.99. The van der Waals surface area contributed by atoms with E-state index in [1.165, 1.54) is 38.5 Å². The highest BCUT2D eigenvalue weighted by Gasteiger charge is 2.36. The van der Waals surface area contributed by atoms with E-state index in [1.807, 2.05) is 0 Å². The van der Waals surface area contributed by atoms with Crippen molar-refractivity contribution in [2.45, 2.75) is 115 Å². The number of carbonyl (C=O) groups is 3. The van der Waals surface area contributed by atoms with Crippen LogP contribution in [0.2, 0.25) is 0 Å². The molecule has 35 heavy (non-hydrogen) atoms. The van der Waals surface area contributed by atoms with Crippen LogP contribution in [-0.2, 0) is 29.2 Å². The van der Waals surface area contributed by atoms with Crippen LogP contribution in [0.25, 0.3) is 0 Å². The minimum absolute atomic E-state index is 0.184. The molecule has 0 aromatic heterocycles. The Morgan fingerprint density at radius 2 is 1.43 bits per heavy atom. The van der Waals surface area contributed by atoms with Gasteiger partial charge in [-0.15, -0.1) is 0 Å². The molecule has 1 amide bonds. The topological polar surface area (TPSA) is 173 Å². The summed E-state index contributed by atoms with van der Waals surface area (Å²) in [5, 5.41) is 8.79. The maximum absolute atomic E-state index is 12.0. The number of rotatable bonds is 22. The number of amides is 1. The number of ether oxygens (including phenoxy) is 1. The first-order chi connectivity index (χ1) is 16.6. The summed E-state index contributed by atoms with van der Waals surface area (Å²) in [4.78, 5) is 34.7. The van der Waals surface area contributed by atoms with Gasteiger partial charge in [0.2, 0.25) is 5.91 Å². The second-order valence-electron chi connectivity index (χ2n) is 8.66. The van der Waals surface area contributed by atoms with Crippen molar-refractivity contribution in [1.82, 2.24) is 5.32 Å². The van der Waals surface area contributed by atoms with Gasteiger partial charge in [-0.1, -0.05) is 70.4 Å². The minimum atomic E-state index is -4.99. The lowest BCUT2D eigenvalue weighted by atomic mass is 10.1. The van der Waals surface area contributed by atoms with Crippen LogP contribution in [0.1, 0.15) is 103 Å². The van der Waals surface area contributed by atoms with Gasteiger partial charge in [-0.05, 0) is 32.1 Å². The van der Waals surface area contributed by atoms with Gasteiger partial charge in [0.1, 0.15) is 0 Å². The molecule has 11 heteroatoms. The Balaban J connectivity index is 3.97. The number of hydrogen-bond acceptors (Lipinski definition) is 7. The quantitative estimate of drug-likeness (QED) is 0.0545. The molecule has 5 N–H and O–H groups in total. The fourth-order valence-electron chi connectivity index (χ4n) is 3.43. The molecule has 0 aliphatic carbocycles. The van der Waals surface area contributed by atoms with Crippen LogP contribution in [0.15, 0.2) is 12.2 Å². The van der Waals surface area contributed by atoms with Crippen molar-refractivity contribution in [3.8, 4) is 0 Å². The summed E-state index contributed by atoms with van der Waals surface area (Å²) < 4.78 is 36.3. The second-order valence-corrected chi connectivity index (χ2v) is 10.3. The summed E-state index contributed by atoms with van der Waals surface area (Å²) in [6.07, 6.45) is 17.0. The average Bonchev–Trinajstić information content (AvgIpc) is 2.78. The van der Waals surface area contributed by atoms with Crippen molar-refractivity contribution in [3.63, 3.8) is 0 Å². The molecule has 10 nitrogen and oxygen atoms in total. The molecule has 0 aliphatic rings. The van der Waals surface area contributed by atoms with Crippen molar-refractivity contribution >= 4 is 28.0 Å². The third-order valence-electron chi connectivity index (χ3n) is 5.44. The fraction of sp³-hybridized carbons (Fsp3) is 0.792. The number of carboxylic acid groups (broad SMARTS) is 1. The van der Waals surface area contributed by atoms with E-state index in [-0.39, 0.29) is 13.0 Å². The van der Waals surface area contributed by atoms with E-state index in [1.54, 1.807) is 0 Å². The van der Waals surface area contributed by atoms with Crippen molar-refractivity contribution in [3.05, 3.63) is 12.2 Å². The molecule has 2 unspecified atom stereocenters. The van der Waals surface area contributed by atoms with Crippen LogP contribution < -0.4 is 11.1 Å². The van der Waals surface area contributed by atoms with E-state index < -0.39 is 45.9 Å². The molecule has 0 fully saturated rings. The van der Waals surface area contributed by atoms with Gasteiger partial charge in [-0.25, -0.2) is 0 Å². The minimum Gasteiger partial charge on any atom is -0.481 e. The van der Waals surface area contributed by atoms with Crippen molar-refractivity contribution in [1.29, 1.82) is 0 Å². The molecule has 0 aromatic rings. The Morgan fingerprint density at radius 3 is 1.91 bits per heavy atom. The Kier molecular flexibility index (Phi) is 19.1. The number of nitrogens with one attached hydrogen (secondary N) is 1. The number of aliphatic carboxylic acids is 1. The maximum Gasteiger partial charge on any atom is 0.329 e. The monoisotopic (exact) mass is 520 g/mol. The highest BCUT2D eigenvalue weighted by molar-refractivity contribution is 7.87. The third-order valence-corrected chi connectivity index (χ3v) is 6.52. The summed E-state index contributed by atoms with van der Waals surface area (Å²) in [5.74, 6) is -3.53. The van der Waals surface area contributed by atoms with Gasteiger partial charge in [0, 0.05) is 13.0 Å². The third kappa shape index (κ3) is 19.0. The SMILES string of the molecule is CCCCCCCCC=CCCCCCCCC(=O)NC(CN)OC(=O)C(CC(=O)O)S(=O)(=O)O. The zero-order valence-corrected chi connectivity index (χ0v) is 21.8. The average molecular weight is 521 g/mol. The molecule has 204 valence electrons. The van der Waals surface area contributed by atoms with E-state index in [0.717, 1.165) is 38.5 Å². The molecule has 0 saturated heterocycles. The van der Waals surface area contributed by atoms with E-state index >= 15 is 0 Å². The normalized spacial score (nSPS) is 13.5. The van der Waals surface area contributed by atoms with Crippen LogP contribution in [0.3, 0.4) is 0 Å². The Hall–Kier alpha value is -1.98. The van der Waals surface area contributed by atoms with Crippen LogP contribution in [0, 0.1) is 0 Å². The highest BCUT2D eigenvalue weighted by atomic mass is 32.2. The smallest absolute Gasteiger partial charge is 0.329 e.